The smallest absolute Gasteiger partial charge is 0.488 e. The number of amides is 1. The number of imidazole rings is 1. The molecule has 0 radical (unpaired) electrons. The second kappa shape index (κ2) is 10.6. The molecule has 11 nitrogen and oxygen atoms in total. The van der Waals surface area contributed by atoms with Crippen molar-refractivity contribution >= 4 is 39.5 Å². The van der Waals surface area contributed by atoms with Crippen LogP contribution >= 0.6 is 8.25 Å². The number of ether oxygens (including phenoxy) is 1. The summed E-state index contributed by atoms with van der Waals surface area (Å²) < 4.78 is 31.7. The molecule has 1 fully saturated rings. The van der Waals surface area contributed by atoms with Crippen LogP contribution in [0.1, 0.15) is 50.7 Å². The largest absolute Gasteiger partial charge is 0.566 e. The second-order valence-corrected chi connectivity index (χ2v) is 15.9. The molecule has 2 aromatic heterocycles. The van der Waals surface area contributed by atoms with E-state index in [9.17, 15) is 14.3 Å². The minimum absolute atomic E-state index is 0.139. The summed E-state index contributed by atoms with van der Waals surface area (Å²) >= 11 is 0. The Kier molecular flexibility index (Phi) is 7.89. The molecule has 0 aliphatic carbocycles. The predicted molar refractivity (Wildman–Crippen MR) is 138 cm³/mol. The molecule has 1 N–H and O–H groups in total. The van der Waals surface area contributed by atoms with E-state index in [1.807, 2.05) is 13.0 Å². The SMILES string of the molecule is CCC1OC(n2cnc3c(NC(=O)c4ccccc4)ncnc32)C(O[Si](C)(C)C(C)(C)C)C1O[P+](=O)[O-]. The van der Waals surface area contributed by atoms with Crippen LogP contribution in [0.5, 0.6) is 0 Å². The van der Waals surface area contributed by atoms with Crippen LogP contribution in [0.2, 0.25) is 18.1 Å². The fraction of sp³-hybridized carbons (Fsp3) is 0.500. The van der Waals surface area contributed by atoms with Gasteiger partial charge in [-0.25, -0.2) is 15.0 Å². The summed E-state index contributed by atoms with van der Waals surface area (Å²) in [6.45, 7) is 12.4. The molecule has 3 aromatic rings. The predicted octanol–water partition coefficient (Wildman–Crippen LogP) is 4.18. The van der Waals surface area contributed by atoms with Crippen LogP contribution in [0.3, 0.4) is 0 Å². The number of rotatable bonds is 8. The fourth-order valence-electron chi connectivity index (χ4n) is 4.03. The number of carbonyl (C=O) groups excluding carboxylic acids is 1. The van der Waals surface area contributed by atoms with Crippen molar-refractivity contribution in [2.75, 3.05) is 5.32 Å². The van der Waals surface area contributed by atoms with Crippen molar-refractivity contribution in [2.45, 2.75) is 76.8 Å². The molecule has 5 unspecified atom stereocenters. The number of fused-ring (bicyclic) bond motifs is 1. The van der Waals surface area contributed by atoms with E-state index in [-0.39, 0.29) is 16.8 Å². The molecule has 0 bridgehead atoms. The first kappa shape index (κ1) is 27.4. The third kappa shape index (κ3) is 5.64. The first-order valence-electron chi connectivity index (χ1n) is 12.1. The van der Waals surface area contributed by atoms with Crippen LogP contribution in [0.15, 0.2) is 43.0 Å². The van der Waals surface area contributed by atoms with Crippen LogP contribution in [0.25, 0.3) is 11.2 Å². The average molecular weight is 546 g/mol. The van der Waals surface area contributed by atoms with Gasteiger partial charge in [0.2, 0.25) is 0 Å². The van der Waals surface area contributed by atoms with Gasteiger partial charge in [0.05, 0.1) is 12.4 Å². The van der Waals surface area contributed by atoms with Crippen molar-refractivity contribution < 1.29 is 27.9 Å². The third-order valence-electron chi connectivity index (χ3n) is 7.03. The number of hydrogen-bond acceptors (Lipinski definition) is 9. The molecule has 1 aliphatic rings. The number of carbonyl (C=O) groups is 1. The van der Waals surface area contributed by atoms with Crippen LogP contribution in [0, 0.1) is 0 Å². The lowest BCUT2D eigenvalue weighted by Crippen LogP contribution is -2.49. The van der Waals surface area contributed by atoms with Crippen molar-refractivity contribution in [2.24, 2.45) is 0 Å². The van der Waals surface area contributed by atoms with Gasteiger partial charge in [0, 0.05) is 5.56 Å². The summed E-state index contributed by atoms with van der Waals surface area (Å²) in [7, 11) is -5.51. The van der Waals surface area contributed by atoms with Gasteiger partial charge in [0.25, 0.3) is 5.91 Å². The Labute approximate surface area is 217 Å². The van der Waals surface area contributed by atoms with Crippen LogP contribution in [-0.2, 0) is 18.3 Å². The summed E-state index contributed by atoms with van der Waals surface area (Å²) in [5, 5.41) is 2.65. The van der Waals surface area contributed by atoms with Gasteiger partial charge in [-0.3, -0.25) is 9.36 Å². The van der Waals surface area contributed by atoms with E-state index in [4.69, 9.17) is 13.7 Å². The van der Waals surface area contributed by atoms with Gasteiger partial charge in [-0.2, -0.15) is 0 Å². The highest BCUT2D eigenvalue weighted by molar-refractivity contribution is 7.30. The van der Waals surface area contributed by atoms with Crippen LogP contribution in [-0.4, -0.2) is 52.1 Å². The van der Waals surface area contributed by atoms with E-state index in [1.165, 1.54) is 12.7 Å². The van der Waals surface area contributed by atoms with E-state index < -0.39 is 41.1 Å². The fourth-order valence-corrected chi connectivity index (χ4v) is 5.77. The Balaban J connectivity index is 1.72. The van der Waals surface area contributed by atoms with Crippen LogP contribution < -0.4 is 10.2 Å². The van der Waals surface area contributed by atoms with Gasteiger partial charge in [0.1, 0.15) is 12.4 Å². The topological polar surface area (TPSA) is 141 Å². The standard InChI is InChI=1S/C24H32N5O6PSi/c1-7-16-18(34-36(31)32)19(35-37(5,6)24(2,3)4)23(33-16)29-14-27-17-20(25-13-26-21(17)29)28-22(30)15-11-9-8-10-12-15/h8-14,16,18-19,23H,7H2,1-6H3,(H,25,26,28,30). The molecular formula is C24H32N5O6PSi. The summed E-state index contributed by atoms with van der Waals surface area (Å²) in [5.74, 6) is -0.0786. The third-order valence-corrected chi connectivity index (χ3v) is 11.9. The van der Waals surface area contributed by atoms with E-state index in [1.54, 1.807) is 28.8 Å². The number of hydrogen-bond donors (Lipinski definition) is 1. The van der Waals surface area contributed by atoms with Gasteiger partial charge in [-0.15, -0.1) is 4.52 Å². The molecule has 5 atom stereocenters. The van der Waals surface area contributed by atoms with E-state index in [2.05, 4.69) is 54.1 Å². The molecule has 4 rings (SSSR count). The van der Waals surface area contributed by atoms with E-state index in [0.717, 1.165) is 0 Å². The minimum Gasteiger partial charge on any atom is -0.566 e. The Bertz CT molecular complexity index is 1280. The van der Waals surface area contributed by atoms with Gasteiger partial charge >= 0.3 is 8.25 Å². The summed E-state index contributed by atoms with van der Waals surface area (Å²) in [6, 6.07) is 8.78. The number of nitrogens with one attached hydrogen (secondary N) is 1. The monoisotopic (exact) mass is 545 g/mol. The molecule has 1 saturated heterocycles. The zero-order valence-corrected chi connectivity index (χ0v) is 23.6. The molecule has 1 aliphatic heterocycles. The molecule has 13 heteroatoms. The first-order valence-corrected chi connectivity index (χ1v) is 16.1. The maximum absolute atomic E-state index is 12.7. The lowest BCUT2D eigenvalue weighted by atomic mass is 10.1. The van der Waals surface area contributed by atoms with E-state index in [0.29, 0.717) is 23.1 Å². The maximum atomic E-state index is 12.7. The summed E-state index contributed by atoms with van der Waals surface area (Å²) in [6.07, 6.45) is 0.550. The highest BCUT2D eigenvalue weighted by atomic mass is 31.1. The summed E-state index contributed by atoms with van der Waals surface area (Å²) in [5.41, 5.74) is 1.26. The molecule has 1 aromatic carbocycles. The summed E-state index contributed by atoms with van der Waals surface area (Å²) in [4.78, 5) is 37.4. The Morgan fingerprint density at radius 2 is 1.89 bits per heavy atom. The molecule has 0 spiro atoms. The Hall–Kier alpha value is -2.60. The molecular weight excluding hydrogens is 513 g/mol. The average Bonchev–Trinajstić information content (AvgIpc) is 3.40. The van der Waals surface area contributed by atoms with E-state index >= 15 is 0 Å². The number of nitrogens with zero attached hydrogens (tertiary/aromatic N) is 4. The maximum Gasteiger partial charge on any atom is 0.488 e. The van der Waals surface area contributed by atoms with Crippen molar-refractivity contribution in [1.82, 2.24) is 19.5 Å². The van der Waals surface area contributed by atoms with Crippen molar-refractivity contribution in [1.29, 1.82) is 0 Å². The van der Waals surface area contributed by atoms with Crippen molar-refractivity contribution in [3.63, 3.8) is 0 Å². The van der Waals surface area contributed by atoms with Crippen LogP contribution in [0.4, 0.5) is 5.82 Å². The number of anilines is 1. The minimum atomic E-state index is -3.13. The second-order valence-electron chi connectivity index (χ2n) is 10.5. The highest BCUT2D eigenvalue weighted by Gasteiger charge is 2.53. The van der Waals surface area contributed by atoms with Gasteiger partial charge < -0.3 is 19.4 Å². The van der Waals surface area contributed by atoms with Gasteiger partial charge in [-0.1, -0.05) is 45.9 Å². The number of aromatic nitrogens is 4. The highest BCUT2D eigenvalue weighted by Crippen LogP contribution is 2.44. The molecule has 37 heavy (non-hydrogen) atoms. The lowest BCUT2D eigenvalue weighted by Gasteiger charge is -2.40. The quantitative estimate of drug-likeness (QED) is 0.326. The molecule has 1 amide bonds. The number of benzene rings is 1. The molecule has 3 heterocycles. The lowest BCUT2D eigenvalue weighted by molar-refractivity contribution is -0.192. The Morgan fingerprint density at radius 3 is 2.51 bits per heavy atom. The first-order chi connectivity index (χ1) is 17.4. The molecule has 0 saturated carbocycles. The zero-order valence-electron chi connectivity index (χ0n) is 21.7. The Morgan fingerprint density at radius 1 is 1.19 bits per heavy atom. The van der Waals surface area contributed by atoms with Crippen molar-refractivity contribution in [3.05, 3.63) is 48.5 Å². The normalized spacial score (nSPS) is 22.8. The zero-order chi connectivity index (χ0) is 27.0. The van der Waals surface area contributed by atoms with Gasteiger partial charge in [-0.05, 0) is 41.3 Å². The van der Waals surface area contributed by atoms with Gasteiger partial charge in [0.15, 0.2) is 37.6 Å². The van der Waals surface area contributed by atoms with Crippen molar-refractivity contribution in [3.8, 4) is 0 Å². The molecule has 198 valence electrons.